The van der Waals surface area contributed by atoms with Gasteiger partial charge >= 0.3 is 5.97 Å². The van der Waals surface area contributed by atoms with Crippen molar-refractivity contribution in [3.63, 3.8) is 0 Å². The molecule has 1 atom stereocenters. The van der Waals surface area contributed by atoms with Crippen LogP contribution in [0.3, 0.4) is 0 Å². The number of hydrogen-bond acceptors (Lipinski definition) is 3. The van der Waals surface area contributed by atoms with Crippen LogP contribution in [0, 0.1) is 0 Å². The highest BCUT2D eigenvalue weighted by Gasteiger charge is 2.15. The van der Waals surface area contributed by atoms with Crippen LogP contribution in [0.2, 0.25) is 0 Å². The second-order valence-electron chi connectivity index (χ2n) is 3.39. The van der Waals surface area contributed by atoms with E-state index in [0.717, 1.165) is 0 Å². The lowest BCUT2D eigenvalue weighted by molar-refractivity contribution is -0.137. The molecule has 1 unspecified atom stereocenters. The molecule has 0 bridgehead atoms. The lowest BCUT2D eigenvalue weighted by Crippen LogP contribution is -2.36. The average molecular weight is 222 g/mol. The van der Waals surface area contributed by atoms with Crippen molar-refractivity contribution in [3.05, 3.63) is 30.1 Å². The zero-order chi connectivity index (χ0) is 12.0. The Kier molecular flexibility index (Phi) is 4.44. The Balaban J connectivity index is 2.59. The van der Waals surface area contributed by atoms with Gasteiger partial charge in [-0.2, -0.15) is 0 Å². The van der Waals surface area contributed by atoms with Gasteiger partial charge in [-0.15, -0.1) is 0 Å². The highest BCUT2D eigenvalue weighted by atomic mass is 16.4. The van der Waals surface area contributed by atoms with Crippen molar-refractivity contribution in [3.8, 4) is 0 Å². The molecule has 0 aliphatic carbocycles. The standard InChI is InChI=1S/C11H14N2O3/c1-2-8(7-10(14)15)13-11(16)9-5-3-4-6-12-9/h3-6,8H,2,7H2,1H3,(H,13,16)(H,14,15). The summed E-state index contributed by atoms with van der Waals surface area (Å²) >= 11 is 0. The summed E-state index contributed by atoms with van der Waals surface area (Å²) in [6.45, 7) is 1.83. The molecule has 1 aromatic rings. The molecule has 0 saturated carbocycles. The molecule has 1 amide bonds. The maximum Gasteiger partial charge on any atom is 0.305 e. The van der Waals surface area contributed by atoms with Gasteiger partial charge < -0.3 is 10.4 Å². The molecule has 86 valence electrons. The van der Waals surface area contributed by atoms with Gasteiger partial charge in [0.25, 0.3) is 5.91 Å². The molecule has 0 aromatic carbocycles. The summed E-state index contributed by atoms with van der Waals surface area (Å²) in [6, 6.07) is 4.65. The van der Waals surface area contributed by atoms with Crippen molar-refractivity contribution < 1.29 is 14.7 Å². The largest absolute Gasteiger partial charge is 0.481 e. The molecule has 16 heavy (non-hydrogen) atoms. The van der Waals surface area contributed by atoms with Crippen LogP contribution in [0.1, 0.15) is 30.3 Å². The third kappa shape index (κ3) is 3.68. The molecule has 1 aromatic heterocycles. The fraction of sp³-hybridized carbons (Fsp3) is 0.364. The molecule has 0 fully saturated rings. The molecule has 1 rings (SSSR count). The lowest BCUT2D eigenvalue weighted by Gasteiger charge is -2.14. The van der Waals surface area contributed by atoms with Crippen molar-refractivity contribution in [1.82, 2.24) is 10.3 Å². The van der Waals surface area contributed by atoms with Gasteiger partial charge in [-0.3, -0.25) is 14.6 Å². The molecule has 0 radical (unpaired) electrons. The molecule has 5 heteroatoms. The van der Waals surface area contributed by atoms with Gasteiger partial charge in [0, 0.05) is 12.2 Å². The number of carboxylic acid groups (broad SMARTS) is 1. The third-order valence-corrected chi connectivity index (χ3v) is 2.15. The average Bonchev–Trinajstić information content (AvgIpc) is 2.28. The van der Waals surface area contributed by atoms with Crippen LogP contribution in [0.15, 0.2) is 24.4 Å². The van der Waals surface area contributed by atoms with Gasteiger partial charge in [-0.25, -0.2) is 0 Å². The monoisotopic (exact) mass is 222 g/mol. The number of aromatic nitrogens is 1. The summed E-state index contributed by atoms with van der Waals surface area (Å²) in [5, 5.41) is 11.3. The predicted molar refractivity (Wildman–Crippen MR) is 58.0 cm³/mol. The van der Waals surface area contributed by atoms with E-state index in [1.165, 1.54) is 6.20 Å². The van der Waals surface area contributed by atoms with Crippen LogP contribution in [-0.4, -0.2) is 28.0 Å². The number of pyridine rings is 1. The van der Waals surface area contributed by atoms with Crippen LogP contribution in [0.25, 0.3) is 0 Å². The Morgan fingerprint density at radius 3 is 2.75 bits per heavy atom. The number of carboxylic acids is 1. The molecular formula is C11H14N2O3. The number of hydrogen-bond donors (Lipinski definition) is 2. The van der Waals surface area contributed by atoms with E-state index >= 15 is 0 Å². The van der Waals surface area contributed by atoms with E-state index in [4.69, 9.17) is 5.11 Å². The van der Waals surface area contributed by atoms with Gasteiger partial charge in [0.15, 0.2) is 0 Å². The van der Waals surface area contributed by atoms with Crippen LogP contribution < -0.4 is 5.32 Å². The summed E-state index contributed by atoms with van der Waals surface area (Å²) in [7, 11) is 0. The third-order valence-electron chi connectivity index (χ3n) is 2.15. The van der Waals surface area contributed by atoms with E-state index in [1.54, 1.807) is 18.2 Å². The molecule has 0 spiro atoms. The summed E-state index contributed by atoms with van der Waals surface area (Å²) in [5.41, 5.74) is 0.298. The van der Waals surface area contributed by atoms with E-state index in [-0.39, 0.29) is 18.4 Å². The van der Waals surface area contributed by atoms with E-state index in [0.29, 0.717) is 12.1 Å². The number of aliphatic carboxylic acids is 1. The quantitative estimate of drug-likeness (QED) is 0.780. The van der Waals surface area contributed by atoms with Crippen LogP contribution in [-0.2, 0) is 4.79 Å². The van der Waals surface area contributed by atoms with Crippen LogP contribution in [0.4, 0.5) is 0 Å². The number of rotatable bonds is 5. The predicted octanol–water partition coefficient (Wildman–Crippen LogP) is 1.06. The zero-order valence-electron chi connectivity index (χ0n) is 9.01. The SMILES string of the molecule is CCC(CC(=O)O)NC(=O)c1ccccn1. The first-order valence-electron chi connectivity index (χ1n) is 5.07. The van der Waals surface area contributed by atoms with Crippen molar-refractivity contribution in [2.24, 2.45) is 0 Å². The van der Waals surface area contributed by atoms with E-state index in [9.17, 15) is 9.59 Å². The van der Waals surface area contributed by atoms with Crippen molar-refractivity contribution in [2.75, 3.05) is 0 Å². The highest BCUT2D eigenvalue weighted by Crippen LogP contribution is 2.00. The van der Waals surface area contributed by atoms with Crippen molar-refractivity contribution >= 4 is 11.9 Å². The van der Waals surface area contributed by atoms with Gasteiger partial charge in [-0.1, -0.05) is 13.0 Å². The van der Waals surface area contributed by atoms with E-state index in [2.05, 4.69) is 10.3 Å². The first-order valence-corrected chi connectivity index (χ1v) is 5.07. The second-order valence-corrected chi connectivity index (χ2v) is 3.39. The van der Waals surface area contributed by atoms with Crippen LogP contribution >= 0.6 is 0 Å². The molecule has 1 heterocycles. The van der Waals surface area contributed by atoms with Gasteiger partial charge in [-0.05, 0) is 18.6 Å². The topological polar surface area (TPSA) is 79.3 Å². The first kappa shape index (κ1) is 12.2. The Bertz CT molecular complexity index is 365. The van der Waals surface area contributed by atoms with E-state index < -0.39 is 5.97 Å². The summed E-state index contributed by atoms with van der Waals surface area (Å²) < 4.78 is 0. The smallest absolute Gasteiger partial charge is 0.305 e. The van der Waals surface area contributed by atoms with Gasteiger partial charge in [0.05, 0.1) is 6.42 Å². The molecule has 2 N–H and O–H groups in total. The van der Waals surface area contributed by atoms with Gasteiger partial charge in [0.1, 0.15) is 5.69 Å². The minimum Gasteiger partial charge on any atom is -0.481 e. The second kappa shape index (κ2) is 5.85. The number of carbonyl (C=O) groups is 2. The minimum absolute atomic E-state index is 0.0743. The Morgan fingerprint density at radius 1 is 1.50 bits per heavy atom. The number of nitrogens with zero attached hydrogens (tertiary/aromatic N) is 1. The lowest BCUT2D eigenvalue weighted by atomic mass is 10.1. The molecule has 0 saturated heterocycles. The van der Waals surface area contributed by atoms with Crippen LogP contribution in [0.5, 0.6) is 0 Å². The van der Waals surface area contributed by atoms with Crippen molar-refractivity contribution in [1.29, 1.82) is 0 Å². The van der Waals surface area contributed by atoms with Gasteiger partial charge in [0.2, 0.25) is 0 Å². The Hall–Kier alpha value is -1.91. The fourth-order valence-corrected chi connectivity index (χ4v) is 1.26. The zero-order valence-corrected chi connectivity index (χ0v) is 9.01. The van der Waals surface area contributed by atoms with E-state index in [1.807, 2.05) is 6.92 Å². The number of nitrogens with one attached hydrogen (secondary N) is 1. The molecule has 0 aliphatic rings. The first-order chi connectivity index (χ1) is 7.63. The summed E-state index contributed by atoms with van der Waals surface area (Å²) in [6.07, 6.45) is 2.02. The molecule has 0 aliphatic heterocycles. The number of amides is 1. The number of carbonyl (C=O) groups excluding carboxylic acids is 1. The summed E-state index contributed by atoms with van der Waals surface area (Å²) in [5.74, 6) is -1.26. The Morgan fingerprint density at radius 2 is 2.25 bits per heavy atom. The molecule has 5 nitrogen and oxygen atoms in total. The molecular weight excluding hydrogens is 208 g/mol. The van der Waals surface area contributed by atoms with Crippen molar-refractivity contribution in [2.45, 2.75) is 25.8 Å². The summed E-state index contributed by atoms with van der Waals surface area (Å²) in [4.78, 5) is 26.0. The normalized spacial score (nSPS) is 11.8. The highest BCUT2D eigenvalue weighted by molar-refractivity contribution is 5.92. The fourth-order valence-electron chi connectivity index (χ4n) is 1.26. The maximum atomic E-state index is 11.6. The maximum absolute atomic E-state index is 11.6. The minimum atomic E-state index is -0.923. The Labute approximate surface area is 93.5 Å².